The first kappa shape index (κ1) is 10.7. The predicted octanol–water partition coefficient (Wildman–Crippen LogP) is 1.94. The maximum Gasteiger partial charge on any atom is 0.319 e. The van der Waals surface area contributed by atoms with E-state index in [1.165, 1.54) is 7.11 Å². The van der Waals surface area contributed by atoms with E-state index < -0.39 is 5.41 Å². The van der Waals surface area contributed by atoms with Crippen LogP contribution in [-0.4, -0.2) is 18.9 Å². The zero-order valence-corrected chi connectivity index (χ0v) is 9.41. The summed E-state index contributed by atoms with van der Waals surface area (Å²) >= 11 is 0. The molecule has 3 heteroatoms. The highest BCUT2D eigenvalue weighted by molar-refractivity contribution is 6.05. The second-order valence-electron chi connectivity index (χ2n) is 4.90. The first-order chi connectivity index (χ1) is 7.13. The van der Waals surface area contributed by atoms with Gasteiger partial charge in [0.05, 0.1) is 7.11 Å². The predicted molar refractivity (Wildman–Crippen MR) is 55.2 cm³/mol. The highest BCUT2D eigenvalue weighted by Gasteiger charge is 2.58. The Morgan fingerprint density at radius 3 is 2.87 bits per heavy atom. The molecule has 2 rings (SSSR count). The van der Waals surface area contributed by atoms with E-state index >= 15 is 0 Å². The second kappa shape index (κ2) is 3.62. The Morgan fingerprint density at radius 2 is 2.20 bits per heavy atom. The van der Waals surface area contributed by atoms with Gasteiger partial charge in [0.1, 0.15) is 11.2 Å². The van der Waals surface area contributed by atoms with Crippen LogP contribution in [0.4, 0.5) is 0 Å². The SMILES string of the molecule is COC(=O)[C@]12CCC[C@H](C)[C@H]1CCC2=O. The zero-order chi connectivity index (χ0) is 11.1. The first-order valence-electron chi connectivity index (χ1n) is 5.74. The molecule has 0 aromatic carbocycles. The Kier molecular flexibility index (Phi) is 2.57. The Morgan fingerprint density at radius 1 is 1.47 bits per heavy atom. The molecule has 0 heterocycles. The van der Waals surface area contributed by atoms with Crippen LogP contribution in [0.15, 0.2) is 0 Å². The van der Waals surface area contributed by atoms with Crippen LogP contribution >= 0.6 is 0 Å². The van der Waals surface area contributed by atoms with Gasteiger partial charge in [-0.2, -0.15) is 0 Å². The van der Waals surface area contributed by atoms with Gasteiger partial charge in [0.25, 0.3) is 0 Å². The third-order valence-electron chi connectivity index (χ3n) is 4.28. The molecule has 0 saturated heterocycles. The molecule has 2 saturated carbocycles. The molecular weight excluding hydrogens is 192 g/mol. The Labute approximate surface area is 90.2 Å². The van der Waals surface area contributed by atoms with Crippen molar-refractivity contribution in [3.05, 3.63) is 0 Å². The van der Waals surface area contributed by atoms with Crippen molar-refractivity contribution >= 4 is 11.8 Å². The van der Waals surface area contributed by atoms with E-state index in [0.29, 0.717) is 18.8 Å². The number of carbonyl (C=O) groups is 2. The van der Waals surface area contributed by atoms with Gasteiger partial charge < -0.3 is 4.74 Å². The van der Waals surface area contributed by atoms with Gasteiger partial charge in [-0.15, -0.1) is 0 Å². The molecule has 0 bridgehead atoms. The summed E-state index contributed by atoms with van der Waals surface area (Å²) in [7, 11) is 1.39. The van der Waals surface area contributed by atoms with Crippen LogP contribution in [0.3, 0.4) is 0 Å². The number of fused-ring (bicyclic) bond motifs is 1. The monoisotopic (exact) mass is 210 g/mol. The van der Waals surface area contributed by atoms with Gasteiger partial charge in [-0.25, -0.2) is 0 Å². The number of esters is 1. The van der Waals surface area contributed by atoms with Crippen molar-refractivity contribution in [2.24, 2.45) is 17.3 Å². The Hall–Kier alpha value is -0.860. The normalized spacial score (nSPS) is 40.0. The van der Waals surface area contributed by atoms with Crippen molar-refractivity contribution in [2.45, 2.75) is 39.0 Å². The fraction of sp³-hybridized carbons (Fsp3) is 0.833. The largest absolute Gasteiger partial charge is 0.468 e. The number of ketones is 1. The summed E-state index contributed by atoms with van der Waals surface area (Å²) in [5.41, 5.74) is -0.771. The molecule has 2 aliphatic rings. The molecule has 3 nitrogen and oxygen atoms in total. The van der Waals surface area contributed by atoms with Crippen molar-refractivity contribution in [3.63, 3.8) is 0 Å². The van der Waals surface area contributed by atoms with E-state index in [-0.39, 0.29) is 17.7 Å². The van der Waals surface area contributed by atoms with Gasteiger partial charge in [-0.05, 0) is 24.7 Å². The molecule has 3 atom stereocenters. The van der Waals surface area contributed by atoms with E-state index in [4.69, 9.17) is 4.74 Å². The molecule has 15 heavy (non-hydrogen) atoms. The molecule has 0 amide bonds. The first-order valence-corrected chi connectivity index (χ1v) is 5.74. The van der Waals surface area contributed by atoms with Crippen molar-refractivity contribution < 1.29 is 14.3 Å². The summed E-state index contributed by atoms with van der Waals surface area (Å²) in [6.45, 7) is 2.15. The minimum Gasteiger partial charge on any atom is -0.468 e. The quantitative estimate of drug-likeness (QED) is 0.490. The van der Waals surface area contributed by atoms with E-state index in [9.17, 15) is 9.59 Å². The number of Topliss-reactive ketones (excluding diaryl/α,β-unsaturated/α-hetero) is 1. The lowest BCUT2D eigenvalue weighted by Gasteiger charge is -2.39. The third kappa shape index (κ3) is 1.32. The van der Waals surface area contributed by atoms with E-state index in [1.54, 1.807) is 0 Å². The lowest BCUT2D eigenvalue weighted by atomic mass is 9.63. The van der Waals surface area contributed by atoms with Crippen LogP contribution in [0.5, 0.6) is 0 Å². The highest BCUT2D eigenvalue weighted by Crippen LogP contribution is 2.53. The molecule has 0 N–H and O–H groups in total. The van der Waals surface area contributed by atoms with Gasteiger partial charge in [-0.3, -0.25) is 9.59 Å². The summed E-state index contributed by atoms with van der Waals surface area (Å²) < 4.78 is 4.85. The minimum absolute atomic E-state index is 0.117. The number of rotatable bonds is 1. The topological polar surface area (TPSA) is 43.4 Å². The van der Waals surface area contributed by atoms with Crippen molar-refractivity contribution in [2.75, 3.05) is 7.11 Å². The summed E-state index contributed by atoms with van der Waals surface area (Å²) in [5.74, 6) is 0.531. The van der Waals surface area contributed by atoms with Crippen LogP contribution in [0.2, 0.25) is 0 Å². The standard InChI is InChI=1S/C12H18O3/c1-8-4-3-7-12(11(14)15-2)9(8)5-6-10(12)13/h8-9H,3-7H2,1-2H3/t8-,9+,12+/m0/s1. The average Bonchev–Trinajstić information content (AvgIpc) is 2.58. The van der Waals surface area contributed by atoms with Crippen molar-refractivity contribution in [3.8, 4) is 0 Å². The number of methoxy groups -OCH3 is 1. The Balaban J connectivity index is 2.37. The van der Waals surface area contributed by atoms with E-state index in [0.717, 1.165) is 19.3 Å². The van der Waals surface area contributed by atoms with Gasteiger partial charge in [0.15, 0.2) is 0 Å². The average molecular weight is 210 g/mol. The summed E-state index contributed by atoms with van der Waals surface area (Å²) in [6.07, 6.45) is 4.24. The van der Waals surface area contributed by atoms with Gasteiger partial charge in [0, 0.05) is 6.42 Å². The lowest BCUT2D eigenvalue weighted by molar-refractivity contribution is -0.163. The lowest BCUT2D eigenvalue weighted by Crippen LogP contribution is -2.46. The Bertz CT molecular complexity index is 297. The molecule has 0 spiro atoms. The number of hydrogen-bond acceptors (Lipinski definition) is 3. The minimum atomic E-state index is -0.771. The molecule has 2 aliphatic carbocycles. The number of carbonyl (C=O) groups excluding carboxylic acids is 2. The molecule has 0 aromatic rings. The fourth-order valence-electron chi connectivity index (χ4n) is 3.51. The van der Waals surface area contributed by atoms with E-state index in [1.807, 2.05) is 0 Å². The molecule has 0 unspecified atom stereocenters. The fourth-order valence-corrected chi connectivity index (χ4v) is 3.51. The van der Waals surface area contributed by atoms with Crippen LogP contribution in [0.1, 0.15) is 39.0 Å². The van der Waals surface area contributed by atoms with Crippen LogP contribution in [0, 0.1) is 17.3 Å². The van der Waals surface area contributed by atoms with Crippen molar-refractivity contribution in [1.82, 2.24) is 0 Å². The van der Waals surface area contributed by atoms with Gasteiger partial charge >= 0.3 is 5.97 Å². The van der Waals surface area contributed by atoms with Crippen molar-refractivity contribution in [1.29, 1.82) is 0 Å². The van der Waals surface area contributed by atoms with Crippen LogP contribution < -0.4 is 0 Å². The molecule has 0 aliphatic heterocycles. The molecule has 0 radical (unpaired) electrons. The third-order valence-corrected chi connectivity index (χ3v) is 4.28. The number of hydrogen-bond donors (Lipinski definition) is 0. The van der Waals surface area contributed by atoms with Gasteiger partial charge in [0.2, 0.25) is 0 Å². The number of ether oxygens (including phenoxy) is 1. The zero-order valence-electron chi connectivity index (χ0n) is 9.41. The highest BCUT2D eigenvalue weighted by atomic mass is 16.5. The molecular formula is C12H18O3. The van der Waals surface area contributed by atoms with Crippen LogP contribution in [-0.2, 0) is 14.3 Å². The second-order valence-corrected chi connectivity index (χ2v) is 4.90. The maximum absolute atomic E-state index is 12.0. The van der Waals surface area contributed by atoms with Gasteiger partial charge in [-0.1, -0.05) is 19.8 Å². The maximum atomic E-state index is 12.0. The van der Waals surface area contributed by atoms with Crippen LogP contribution in [0.25, 0.3) is 0 Å². The molecule has 0 aromatic heterocycles. The van der Waals surface area contributed by atoms with E-state index in [2.05, 4.69) is 6.92 Å². The molecule has 2 fully saturated rings. The molecule has 84 valence electrons. The summed E-state index contributed by atoms with van der Waals surface area (Å²) in [5, 5.41) is 0. The summed E-state index contributed by atoms with van der Waals surface area (Å²) in [4.78, 5) is 23.9. The summed E-state index contributed by atoms with van der Waals surface area (Å²) in [6, 6.07) is 0. The smallest absolute Gasteiger partial charge is 0.319 e.